The second-order valence-corrected chi connectivity index (χ2v) is 4.99. The van der Waals surface area contributed by atoms with Crippen molar-refractivity contribution in [3.63, 3.8) is 0 Å². The van der Waals surface area contributed by atoms with Gasteiger partial charge in [-0.15, -0.1) is 0 Å². The molecule has 2 nitrogen and oxygen atoms in total. The zero-order valence-corrected chi connectivity index (χ0v) is 11.7. The van der Waals surface area contributed by atoms with Crippen molar-refractivity contribution in [3.8, 4) is 0 Å². The van der Waals surface area contributed by atoms with Gasteiger partial charge in [0.1, 0.15) is 0 Å². The number of aryl methyl sites for hydroxylation is 1. The van der Waals surface area contributed by atoms with Gasteiger partial charge in [0.2, 0.25) is 0 Å². The Balaban J connectivity index is 2.55. The van der Waals surface area contributed by atoms with Gasteiger partial charge in [0.25, 0.3) is 0 Å². The molecule has 17 heavy (non-hydrogen) atoms. The van der Waals surface area contributed by atoms with Crippen molar-refractivity contribution in [2.45, 2.75) is 33.6 Å². The Bertz CT molecular complexity index is 358. The fraction of sp³-hybridized carbons (Fsp3) is 0.600. The number of nitrogens with zero attached hydrogens (tertiary/aromatic N) is 1. The van der Waals surface area contributed by atoms with E-state index in [4.69, 9.17) is 5.73 Å². The molecule has 2 heteroatoms. The highest BCUT2D eigenvalue weighted by molar-refractivity contribution is 5.38. The van der Waals surface area contributed by atoms with Gasteiger partial charge in [-0.3, -0.25) is 0 Å². The maximum Gasteiger partial charge on any atom is 0.00189 e. The molecule has 0 radical (unpaired) electrons. The number of hydrogen-bond acceptors (Lipinski definition) is 2. The van der Waals surface area contributed by atoms with Crippen molar-refractivity contribution in [1.82, 2.24) is 4.90 Å². The molecular weight excluding hydrogens is 208 g/mol. The van der Waals surface area contributed by atoms with E-state index in [9.17, 15) is 0 Å². The third-order valence-electron chi connectivity index (χ3n) is 3.68. The minimum atomic E-state index is 0.785. The lowest BCUT2D eigenvalue weighted by Crippen LogP contribution is -2.24. The van der Waals surface area contributed by atoms with E-state index in [-0.39, 0.29) is 0 Å². The van der Waals surface area contributed by atoms with Gasteiger partial charge in [0, 0.05) is 6.54 Å². The zero-order chi connectivity index (χ0) is 12.8. The number of benzene rings is 1. The summed E-state index contributed by atoms with van der Waals surface area (Å²) in [6.45, 7) is 9.63. The van der Waals surface area contributed by atoms with Gasteiger partial charge in [-0.25, -0.2) is 0 Å². The lowest BCUT2D eigenvalue weighted by molar-refractivity contribution is 0.335. The molecular formula is C15H26N2. The Morgan fingerprint density at radius 3 is 2.41 bits per heavy atom. The topological polar surface area (TPSA) is 29.3 Å². The summed E-state index contributed by atoms with van der Waals surface area (Å²) < 4.78 is 0. The second-order valence-electron chi connectivity index (χ2n) is 4.99. The smallest absolute Gasteiger partial charge is 0.00189 e. The van der Waals surface area contributed by atoms with Crippen LogP contribution in [0.1, 0.15) is 28.7 Å². The standard InChI is InChI=1S/C15H26N2/c1-12-6-7-15(14(3)13(12)2)8-11-17(4)10-5-9-16/h6-7H,5,8-11,16H2,1-4H3. The number of hydrogen-bond donors (Lipinski definition) is 1. The summed E-state index contributed by atoms with van der Waals surface area (Å²) in [4.78, 5) is 2.36. The summed E-state index contributed by atoms with van der Waals surface area (Å²) in [5.41, 5.74) is 11.3. The molecule has 0 aliphatic rings. The predicted molar refractivity (Wildman–Crippen MR) is 75.5 cm³/mol. The van der Waals surface area contributed by atoms with E-state index in [1.54, 1.807) is 0 Å². The van der Waals surface area contributed by atoms with Gasteiger partial charge in [0.15, 0.2) is 0 Å². The molecule has 0 bridgehead atoms. The van der Waals surface area contributed by atoms with Crippen molar-refractivity contribution in [2.24, 2.45) is 5.73 Å². The summed E-state index contributed by atoms with van der Waals surface area (Å²) >= 11 is 0. The van der Waals surface area contributed by atoms with Crippen LogP contribution >= 0.6 is 0 Å². The fourth-order valence-corrected chi connectivity index (χ4v) is 2.07. The van der Waals surface area contributed by atoms with Crippen LogP contribution in [0.5, 0.6) is 0 Å². The molecule has 0 heterocycles. The highest BCUT2D eigenvalue weighted by Crippen LogP contribution is 2.17. The normalized spacial score (nSPS) is 11.2. The third kappa shape index (κ3) is 4.14. The molecule has 0 amide bonds. The first-order valence-corrected chi connectivity index (χ1v) is 6.50. The van der Waals surface area contributed by atoms with Crippen LogP contribution in [0.25, 0.3) is 0 Å². The van der Waals surface area contributed by atoms with Crippen LogP contribution in [0.15, 0.2) is 12.1 Å². The number of nitrogens with two attached hydrogens (primary N) is 1. The molecule has 2 N–H and O–H groups in total. The first kappa shape index (κ1) is 14.2. The Hall–Kier alpha value is -0.860. The fourth-order valence-electron chi connectivity index (χ4n) is 2.07. The predicted octanol–water partition coefficient (Wildman–Crippen LogP) is 2.43. The maximum atomic E-state index is 5.52. The van der Waals surface area contributed by atoms with Crippen molar-refractivity contribution in [2.75, 3.05) is 26.7 Å². The zero-order valence-electron chi connectivity index (χ0n) is 11.7. The Morgan fingerprint density at radius 2 is 1.76 bits per heavy atom. The van der Waals surface area contributed by atoms with E-state index in [0.717, 1.165) is 32.5 Å². The average molecular weight is 234 g/mol. The van der Waals surface area contributed by atoms with Crippen LogP contribution in [0.4, 0.5) is 0 Å². The molecule has 0 aliphatic heterocycles. The molecule has 0 atom stereocenters. The summed E-state index contributed by atoms with van der Waals surface area (Å²) in [5.74, 6) is 0. The van der Waals surface area contributed by atoms with E-state index in [1.807, 2.05) is 0 Å². The number of likely N-dealkylation sites (N-methyl/N-ethyl adjacent to an activating group) is 1. The van der Waals surface area contributed by atoms with Gasteiger partial charge in [-0.1, -0.05) is 12.1 Å². The first-order valence-electron chi connectivity index (χ1n) is 6.50. The van der Waals surface area contributed by atoms with Crippen molar-refractivity contribution in [3.05, 3.63) is 34.4 Å². The van der Waals surface area contributed by atoms with Crippen LogP contribution in [0.3, 0.4) is 0 Å². The van der Waals surface area contributed by atoms with Crippen LogP contribution in [-0.4, -0.2) is 31.6 Å². The average Bonchev–Trinajstić information content (AvgIpc) is 2.32. The van der Waals surface area contributed by atoms with Crippen molar-refractivity contribution in [1.29, 1.82) is 0 Å². The van der Waals surface area contributed by atoms with Crippen LogP contribution in [0, 0.1) is 20.8 Å². The Labute approximate surface area is 106 Å². The minimum absolute atomic E-state index is 0.785. The Morgan fingerprint density at radius 1 is 1.06 bits per heavy atom. The molecule has 96 valence electrons. The summed E-state index contributed by atoms with van der Waals surface area (Å²) in [5, 5.41) is 0. The number of rotatable bonds is 6. The highest BCUT2D eigenvalue weighted by atomic mass is 15.1. The summed E-state index contributed by atoms with van der Waals surface area (Å²) in [6.07, 6.45) is 2.22. The van der Waals surface area contributed by atoms with Crippen molar-refractivity contribution < 1.29 is 0 Å². The van der Waals surface area contributed by atoms with E-state index in [1.165, 1.54) is 22.3 Å². The quantitative estimate of drug-likeness (QED) is 0.819. The lowest BCUT2D eigenvalue weighted by Gasteiger charge is -2.17. The largest absolute Gasteiger partial charge is 0.330 e. The molecule has 1 aromatic rings. The second kappa shape index (κ2) is 6.77. The van der Waals surface area contributed by atoms with Crippen LogP contribution < -0.4 is 5.73 Å². The van der Waals surface area contributed by atoms with Gasteiger partial charge >= 0.3 is 0 Å². The SMILES string of the molecule is Cc1ccc(CCN(C)CCCN)c(C)c1C. The summed E-state index contributed by atoms with van der Waals surface area (Å²) in [7, 11) is 2.17. The summed E-state index contributed by atoms with van der Waals surface area (Å²) in [6, 6.07) is 4.51. The highest BCUT2D eigenvalue weighted by Gasteiger charge is 2.05. The van der Waals surface area contributed by atoms with Crippen LogP contribution in [0.2, 0.25) is 0 Å². The maximum absolute atomic E-state index is 5.52. The minimum Gasteiger partial charge on any atom is -0.330 e. The molecule has 0 aliphatic carbocycles. The molecule has 0 unspecified atom stereocenters. The monoisotopic (exact) mass is 234 g/mol. The van der Waals surface area contributed by atoms with Crippen LogP contribution in [-0.2, 0) is 6.42 Å². The Kier molecular flexibility index (Phi) is 5.66. The van der Waals surface area contributed by atoms with E-state index >= 15 is 0 Å². The molecule has 0 aromatic heterocycles. The van der Waals surface area contributed by atoms with Gasteiger partial charge in [0.05, 0.1) is 0 Å². The van der Waals surface area contributed by atoms with E-state index < -0.39 is 0 Å². The molecule has 1 aromatic carbocycles. The molecule has 0 spiro atoms. The van der Waals surface area contributed by atoms with E-state index in [0.29, 0.717) is 0 Å². The molecule has 0 saturated carbocycles. The van der Waals surface area contributed by atoms with E-state index in [2.05, 4.69) is 44.9 Å². The van der Waals surface area contributed by atoms with Gasteiger partial charge < -0.3 is 10.6 Å². The molecule has 1 rings (SSSR count). The molecule has 0 saturated heterocycles. The first-order chi connectivity index (χ1) is 8.06. The molecule has 0 fully saturated rings. The van der Waals surface area contributed by atoms with Gasteiger partial charge in [-0.05, 0) is 76.0 Å². The lowest BCUT2D eigenvalue weighted by atomic mass is 9.97. The van der Waals surface area contributed by atoms with Crippen molar-refractivity contribution >= 4 is 0 Å². The van der Waals surface area contributed by atoms with Gasteiger partial charge in [-0.2, -0.15) is 0 Å². The third-order valence-corrected chi connectivity index (χ3v) is 3.68.